The minimum atomic E-state index is -4.80. The molecule has 0 aliphatic carbocycles. The van der Waals surface area contributed by atoms with Gasteiger partial charge < -0.3 is 14.2 Å². The average Bonchev–Trinajstić information content (AvgIpc) is 2.44. The van der Waals surface area contributed by atoms with Crippen LogP contribution < -0.4 is 5.56 Å². The number of methoxy groups -OCH3 is 1. The normalized spacial score (nSPS) is 11.4. The van der Waals surface area contributed by atoms with Gasteiger partial charge in [0.15, 0.2) is 0 Å². The Labute approximate surface area is 130 Å². The molecule has 1 heterocycles. The number of carbonyl (C=O) groups excluding carboxylic acids is 2. The highest BCUT2D eigenvalue weighted by atomic mass is 19.4. The summed E-state index contributed by atoms with van der Waals surface area (Å²) in [6.45, 7) is 2.32. The molecule has 0 aliphatic heterocycles. The fourth-order valence-corrected chi connectivity index (χ4v) is 1.88. The van der Waals surface area contributed by atoms with Gasteiger partial charge in [-0.15, -0.1) is 0 Å². The highest BCUT2D eigenvalue weighted by molar-refractivity contribution is 5.82. The zero-order chi connectivity index (χ0) is 17.8. The van der Waals surface area contributed by atoms with E-state index in [9.17, 15) is 27.6 Å². The second-order valence-electron chi connectivity index (χ2n) is 5.04. The summed E-state index contributed by atoms with van der Waals surface area (Å²) in [4.78, 5) is 36.4. The molecule has 0 fully saturated rings. The van der Waals surface area contributed by atoms with Gasteiger partial charge in [0.2, 0.25) is 5.91 Å². The van der Waals surface area contributed by atoms with Crippen LogP contribution in [0.5, 0.6) is 0 Å². The zero-order valence-electron chi connectivity index (χ0n) is 12.9. The maximum absolute atomic E-state index is 12.7. The minimum absolute atomic E-state index is 0.347. The molecule has 9 heteroatoms. The number of amides is 1. The molecule has 0 saturated carbocycles. The Morgan fingerprint density at radius 1 is 1.35 bits per heavy atom. The Kier molecular flexibility index (Phi) is 5.94. The van der Waals surface area contributed by atoms with Crippen molar-refractivity contribution in [3.05, 3.63) is 34.2 Å². The molecule has 0 unspecified atom stereocenters. The fourth-order valence-electron chi connectivity index (χ4n) is 1.88. The molecule has 1 rings (SSSR count). The lowest BCUT2D eigenvalue weighted by molar-refractivity contribution is -0.148. The van der Waals surface area contributed by atoms with Gasteiger partial charge in [0, 0.05) is 12.2 Å². The number of aromatic nitrogens is 1. The third-order valence-electron chi connectivity index (χ3n) is 3.10. The summed E-state index contributed by atoms with van der Waals surface area (Å²) in [5, 5.41) is 0. The van der Waals surface area contributed by atoms with E-state index in [2.05, 4.69) is 4.74 Å². The molecule has 128 valence electrons. The van der Waals surface area contributed by atoms with E-state index in [1.54, 1.807) is 13.8 Å². The van der Waals surface area contributed by atoms with Crippen LogP contribution in [0, 0.1) is 0 Å². The first kappa shape index (κ1) is 18.7. The second kappa shape index (κ2) is 7.30. The number of hydrogen-bond acceptors (Lipinski definition) is 4. The third-order valence-corrected chi connectivity index (χ3v) is 3.10. The summed E-state index contributed by atoms with van der Waals surface area (Å²) < 4.78 is 43.2. The first-order valence-corrected chi connectivity index (χ1v) is 6.70. The number of esters is 1. The van der Waals surface area contributed by atoms with Crippen molar-refractivity contribution in [2.75, 3.05) is 13.7 Å². The highest BCUT2D eigenvalue weighted by Crippen LogP contribution is 2.25. The van der Waals surface area contributed by atoms with E-state index in [1.165, 1.54) is 0 Å². The van der Waals surface area contributed by atoms with Crippen LogP contribution in [0.3, 0.4) is 0 Å². The lowest BCUT2D eigenvalue weighted by atomic mass is 10.2. The molecular formula is C14H17F3N2O4. The predicted molar refractivity (Wildman–Crippen MR) is 74.6 cm³/mol. The Balaban J connectivity index is 3.04. The Hall–Kier alpha value is -2.32. The van der Waals surface area contributed by atoms with Crippen molar-refractivity contribution in [3.8, 4) is 0 Å². The molecule has 0 radical (unpaired) electrons. The monoisotopic (exact) mass is 334 g/mol. The molecule has 0 aliphatic rings. The smallest absolute Gasteiger partial charge is 0.421 e. The number of pyridine rings is 1. The van der Waals surface area contributed by atoms with Gasteiger partial charge in [0.25, 0.3) is 5.56 Å². The standard InChI is InChI=1S/C14H17F3N2O4/c1-9(2)19(8-12(21)23-3)11(20)7-18-6-4-5-10(13(18)22)14(15,16)17/h4-6,9H,7-8H2,1-3H3. The average molecular weight is 334 g/mol. The Morgan fingerprint density at radius 3 is 2.43 bits per heavy atom. The van der Waals surface area contributed by atoms with Crippen molar-refractivity contribution in [1.82, 2.24) is 9.47 Å². The molecule has 0 saturated heterocycles. The first-order valence-electron chi connectivity index (χ1n) is 6.70. The van der Waals surface area contributed by atoms with E-state index in [4.69, 9.17) is 0 Å². The summed E-state index contributed by atoms with van der Waals surface area (Å²) in [5.74, 6) is -1.32. The van der Waals surface area contributed by atoms with E-state index in [-0.39, 0.29) is 12.6 Å². The van der Waals surface area contributed by atoms with E-state index < -0.39 is 35.7 Å². The van der Waals surface area contributed by atoms with Crippen LogP contribution in [0.15, 0.2) is 23.1 Å². The highest BCUT2D eigenvalue weighted by Gasteiger charge is 2.34. The molecule has 1 amide bonds. The summed E-state index contributed by atoms with van der Waals surface area (Å²) in [6, 6.07) is 1.30. The SMILES string of the molecule is COC(=O)CN(C(=O)Cn1cccc(C(F)(F)F)c1=O)C(C)C. The minimum Gasteiger partial charge on any atom is -0.468 e. The van der Waals surface area contributed by atoms with Gasteiger partial charge in [-0.1, -0.05) is 0 Å². The van der Waals surface area contributed by atoms with Gasteiger partial charge in [0.1, 0.15) is 18.7 Å². The van der Waals surface area contributed by atoms with Crippen LogP contribution >= 0.6 is 0 Å². The number of ether oxygens (including phenoxy) is 1. The molecule has 6 nitrogen and oxygen atoms in total. The van der Waals surface area contributed by atoms with Crippen molar-refractivity contribution in [3.63, 3.8) is 0 Å². The third kappa shape index (κ3) is 4.83. The number of rotatable bonds is 5. The molecule has 0 spiro atoms. The molecule has 23 heavy (non-hydrogen) atoms. The molecule has 1 aromatic rings. The Bertz CT molecular complexity index is 638. The van der Waals surface area contributed by atoms with Crippen LogP contribution in [0.2, 0.25) is 0 Å². The van der Waals surface area contributed by atoms with Crippen molar-refractivity contribution < 1.29 is 27.5 Å². The zero-order valence-corrected chi connectivity index (χ0v) is 12.9. The van der Waals surface area contributed by atoms with E-state index >= 15 is 0 Å². The Morgan fingerprint density at radius 2 is 1.96 bits per heavy atom. The maximum atomic E-state index is 12.7. The van der Waals surface area contributed by atoms with Crippen molar-refractivity contribution in [2.24, 2.45) is 0 Å². The number of halogens is 3. The summed E-state index contributed by atoms with van der Waals surface area (Å²) >= 11 is 0. The van der Waals surface area contributed by atoms with Crippen LogP contribution in [0.1, 0.15) is 19.4 Å². The largest absolute Gasteiger partial charge is 0.468 e. The number of nitrogens with zero attached hydrogens (tertiary/aromatic N) is 2. The fraction of sp³-hybridized carbons (Fsp3) is 0.500. The molecule has 0 N–H and O–H groups in total. The van der Waals surface area contributed by atoms with Crippen molar-refractivity contribution in [2.45, 2.75) is 32.6 Å². The summed E-state index contributed by atoms with van der Waals surface area (Å²) in [6.07, 6.45) is -3.71. The van der Waals surface area contributed by atoms with Crippen molar-refractivity contribution in [1.29, 1.82) is 0 Å². The van der Waals surface area contributed by atoms with E-state index in [0.717, 1.165) is 24.3 Å². The van der Waals surface area contributed by atoms with Gasteiger partial charge in [0.05, 0.1) is 7.11 Å². The topological polar surface area (TPSA) is 68.6 Å². The van der Waals surface area contributed by atoms with Crippen LogP contribution in [0.25, 0.3) is 0 Å². The predicted octanol–water partition coefficient (Wildman–Crippen LogP) is 1.28. The molecular weight excluding hydrogens is 317 g/mol. The summed E-state index contributed by atoms with van der Waals surface area (Å²) in [7, 11) is 1.16. The van der Waals surface area contributed by atoms with Gasteiger partial charge in [-0.05, 0) is 26.0 Å². The van der Waals surface area contributed by atoms with Crippen LogP contribution in [0.4, 0.5) is 13.2 Å². The number of alkyl halides is 3. The number of hydrogen-bond donors (Lipinski definition) is 0. The summed E-state index contributed by atoms with van der Waals surface area (Å²) in [5.41, 5.74) is -2.66. The second-order valence-corrected chi connectivity index (χ2v) is 5.04. The van der Waals surface area contributed by atoms with Crippen LogP contribution in [-0.4, -0.2) is 41.0 Å². The van der Waals surface area contributed by atoms with E-state index in [0.29, 0.717) is 10.6 Å². The number of carbonyl (C=O) groups is 2. The molecule has 1 aromatic heterocycles. The van der Waals surface area contributed by atoms with E-state index in [1.807, 2.05) is 0 Å². The first-order chi connectivity index (χ1) is 10.6. The van der Waals surface area contributed by atoms with Gasteiger partial charge >= 0.3 is 12.1 Å². The van der Waals surface area contributed by atoms with Crippen molar-refractivity contribution >= 4 is 11.9 Å². The maximum Gasteiger partial charge on any atom is 0.421 e. The quantitative estimate of drug-likeness (QED) is 0.761. The van der Waals surface area contributed by atoms with Gasteiger partial charge in [-0.25, -0.2) is 0 Å². The molecule has 0 bridgehead atoms. The van der Waals surface area contributed by atoms with Gasteiger partial charge in [-0.3, -0.25) is 14.4 Å². The van der Waals surface area contributed by atoms with Crippen LogP contribution in [-0.2, 0) is 27.0 Å². The molecule has 0 aromatic carbocycles. The lowest BCUT2D eigenvalue weighted by Crippen LogP contribution is -2.44. The molecule has 0 atom stereocenters. The lowest BCUT2D eigenvalue weighted by Gasteiger charge is -2.25. The van der Waals surface area contributed by atoms with Gasteiger partial charge in [-0.2, -0.15) is 13.2 Å².